The first-order valence-electron chi connectivity index (χ1n) is 6.76. The first kappa shape index (κ1) is 15.7. The van der Waals surface area contributed by atoms with Gasteiger partial charge in [-0.1, -0.05) is 36.1 Å². The first-order valence-corrected chi connectivity index (χ1v) is 7.98. The minimum absolute atomic E-state index is 0.186. The predicted octanol–water partition coefficient (Wildman–Crippen LogP) is 4.24. The van der Waals surface area contributed by atoms with Crippen LogP contribution in [0.5, 0.6) is 5.75 Å². The Bertz CT molecular complexity index is 785. The first-order chi connectivity index (χ1) is 11.1. The molecule has 0 saturated carbocycles. The molecule has 0 unspecified atom stereocenters. The summed E-state index contributed by atoms with van der Waals surface area (Å²) in [4.78, 5) is 14.6. The number of halogens is 1. The summed E-state index contributed by atoms with van der Waals surface area (Å²) in [7, 11) is 1.58. The van der Waals surface area contributed by atoms with Gasteiger partial charge in [-0.3, -0.25) is 9.69 Å². The number of carbonyl (C=O) groups excluding carboxylic acids is 1. The number of amides is 1. The van der Waals surface area contributed by atoms with Gasteiger partial charge in [0.15, 0.2) is 4.32 Å². The Balaban J connectivity index is 1.88. The number of hydrogen-bond donors (Lipinski definition) is 0. The van der Waals surface area contributed by atoms with Gasteiger partial charge < -0.3 is 4.74 Å². The van der Waals surface area contributed by atoms with E-state index in [1.807, 2.05) is 0 Å². The van der Waals surface area contributed by atoms with Gasteiger partial charge in [-0.05, 0) is 48.0 Å². The van der Waals surface area contributed by atoms with Gasteiger partial charge in [0.1, 0.15) is 11.6 Å². The van der Waals surface area contributed by atoms with Crippen LogP contribution in [-0.2, 0) is 4.79 Å². The predicted molar refractivity (Wildman–Crippen MR) is 95.0 cm³/mol. The molecule has 1 amide bonds. The molecule has 1 fully saturated rings. The molecule has 23 heavy (non-hydrogen) atoms. The number of hydrogen-bond acceptors (Lipinski definition) is 4. The van der Waals surface area contributed by atoms with E-state index in [1.54, 1.807) is 49.6 Å². The molecular formula is C17H12FNO2S2. The zero-order chi connectivity index (χ0) is 16.4. The van der Waals surface area contributed by atoms with Crippen LogP contribution in [0.15, 0.2) is 53.4 Å². The van der Waals surface area contributed by atoms with E-state index in [0.29, 0.717) is 20.7 Å². The molecule has 116 valence electrons. The van der Waals surface area contributed by atoms with Gasteiger partial charge in [0, 0.05) is 0 Å². The Labute approximate surface area is 142 Å². The molecule has 0 bridgehead atoms. The van der Waals surface area contributed by atoms with Crippen molar-refractivity contribution in [1.82, 2.24) is 0 Å². The maximum Gasteiger partial charge on any atom is 0.270 e. The Morgan fingerprint density at radius 1 is 1.13 bits per heavy atom. The Morgan fingerprint density at radius 3 is 2.39 bits per heavy atom. The van der Waals surface area contributed by atoms with Crippen molar-refractivity contribution < 1.29 is 13.9 Å². The van der Waals surface area contributed by atoms with Crippen LogP contribution in [0.1, 0.15) is 5.56 Å². The quantitative estimate of drug-likeness (QED) is 0.615. The fourth-order valence-electron chi connectivity index (χ4n) is 2.13. The largest absolute Gasteiger partial charge is 0.497 e. The molecule has 0 aromatic heterocycles. The number of thiocarbonyl (C=S) groups is 1. The highest BCUT2D eigenvalue weighted by Crippen LogP contribution is 2.36. The number of benzene rings is 2. The van der Waals surface area contributed by atoms with E-state index < -0.39 is 0 Å². The molecule has 0 aliphatic carbocycles. The Kier molecular flexibility index (Phi) is 4.45. The van der Waals surface area contributed by atoms with E-state index in [1.165, 1.54) is 28.8 Å². The summed E-state index contributed by atoms with van der Waals surface area (Å²) in [6, 6.07) is 13.1. The Hall–Kier alpha value is -2.18. The van der Waals surface area contributed by atoms with Gasteiger partial charge in [-0.15, -0.1) is 0 Å². The molecule has 0 radical (unpaired) electrons. The zero-order valence-electron chi connectivity index (χ0n) is 12.2. The smallest absolute Gasteiger partial charge is 0.270 e. The van der Waals surface area contributed by atoms with Gasteiger partial charge in [-0.25, -0.2) is 4.39 Å². The molecule has 6 heteroatoms. The van der Waals surface area contributed by atoms with Crippen LogP contribution >= 0.6 is 24.0 Å². The standard InChI is InChI=1S/C17H12FNO2S2/c1-21-14-8-6-13(7-9-14)19-16(20)15(23-17(19)22)10-11-2-4-12(18)5-3-11/h2-10H,1H3/b15-10+. The molecule has 3 nitrogen and oxygen atoms in total. The molecule has 0 atom stereocenters. The maximum atomic E-state index is 13.0. The second-order valence-electron chi connectivity index (χ2n) is 4.77. The van der Waals surface area contributed by atoms with Crippen molar-refractivity contribution in [2.75, 3.05) is 12.0 Å². The lowest BCUT2D eigenvalue weighted by molar-refractivity contribution is -0.113. The maximum absolute atomic E-state index is 13.0. The minimum atomic E-state index is -0.312. The summed E-state index contributed by atoms with van der Waals surface area (Å²) < 4.78 is 18.5. The van der Waals surface area contributed by atoms with Crippen molar-refractivity contribution in [2.24, 2.45) is 0 Å². The SMILES string of the molecule is COc1ccc(N2C(=O)/C(=C\c3ccc(F)cc3)SC2=S)cc1. The van der Waals surface area contributed by atoms with Crippen LogP contribution in [0.2, 0.25) is 0 Å². The number of thioether (sulfide) groups is 1. The van der Waals surface area contributed by atoms with E-state index in [0.717, 1.165) is 5.56 Å². The minimum Gasteiger partial charge on any atom is -0.497 e. The number of carbonyl (C=O) groups is 1. The van der Waals surface area contributed by atoms with Crippen LogP contribution in [0.4, 0.5) is 10.1 Å². The van der Waals surface area contributed by atoms with Crippen molar-refractivity contribution in [3.8, 4) is 5.75 Å². The third-order valence-electron chi connectivity index (χ3n) is 3.29. The van der Waals surface area contributed by atoms with Crippen LogP contribution in [0.3, 0.4) is 0 Å². The van der Waals surface area contributed by atoms with Crippen LogP contribution in [0.25, 0.3) is 6.08 Å². The van der Waals surface area contributed by atoms with Crippen LogP contribution in [-0.4, -0.2) is 17.3 Å². The van der Waals surface area contributed by atoms with E-state index in [-0.39, 0.29) is 11.7 Å². The normalized spacial score (nSPS) is 16.3. The van der Waals surface area contributed by atoms with Crippen LogP contribution < -0.4 is 9.64 Å². The van der Waals surface area contributed by atoms with Crippen molar-refractivity contribution in [1.29, 1.82) is 0 Å². The third kappa shape index (κ3) is 3.28. The highest BCUT2D eigenvalue weighted by molar-refractivity contribution is 8.27. The summed E-state index contributed by atoms with van der Waals surface area (Å²) in [5.41, 5.74) is 1.44. The lowest BCUT2D eigenvalue weighted by Gasteiger charge is -2.14. The molecule has 0 spiro atoms. The average molecular weight is 345 g/mol. The van der Waals surface area contributed by atoms with Crippen LogP contribution in [0, 0.1) is 5.82 Å². The average Bonchev–Trinajstić information content (AvgIpc) is 2.84. The number of nitrogens with zero attached hydrogens (tertiary/aromatic N) is 1. The fourth-order valence-corrected chi connectivity index (χ4v) is 3.43. The Morgan fingerprint density at radius 2 is 1.78 bits per heavy atom. The topological polar surface area (TPSA) is 29.5 Å². The van der Waals surface area contributed by atoms with E-state index in [4.69, 9.17) is 17.0 Å². The van der Waals surface area contributed by atoms with Gasteiger partial charge in [0.05, 0.1) is 17.7 Å². The molecule has 1 aliphatic rings. The summed E-state index contributed by atoms with van der Waals surface area (Å²) >= 11 is 6.54. The molecule has 0 N–H and O–H groups in total. The zero-order valence-corrected chi connectivity index (χ0v) is 13.8. The van der Waals surface area contributed by atoms with Gasteiger partial charge in [0.25, 0.3) is 5.91 Å². The summed E-state index contributed by atoms with van der Waals surface area (Å²) in [6.45, 7) is 0. The molecule has 3 rings (SSSR count). The molecule has 1 aliphatic heterocycles. The molecular weight excluding hydrogens is 333 g/mol. The molecule has 2 aromatic rings. The molecule has 2 aromatic carbocycles. The third-order valence-corrected chi connectivity index (χ3v) is 4.59. The fraction of sp³-hybridized carbons (Fsp3) is 0.0588. The van der Waals surface area contributed by atoms with E-state index in [2.05, 4.69) is 0 Å². The van der Waals surface area contributed by atoms with Gasteiger partial charge in [-0.2, -0.15) is 0 Å². The van der Waals surface area contributed by atoms with E-state index in [9.17, 15) is 9.18 Å². The number of anilines is 1. The van der Waals surface area contributed by atoms with Gasteiger partial charge in [0.2, 0.25) is 0 Å². The lowest BCUT2D eigenvalue weighted by atomic mass is 10.2. The number of methoxy groups -OCH3 is 1. The van der Waals surface area contributed by atoms with Crippen molar-refractivity contribution >= 4 is 46.0 Å². The summed E-state index contributed by atoms with van der Waals surface area (Å²) in [5, 5.41) is 0. The van der Waals surface area contributed by atoms with Crippen molar-refractivity contribution in [3.05, 3.63) is 64.8 Å². The number of rotatable bonds is 3. The summed E-state index contributed by atoms with van der Waals surface area (Å²) in [5.74, 6) is 0.212. The van der Waals surface area contributed by atoms with Crippen molar-refractivity contribution in [3.63, 3.8) is 0 Å². The highest BCUT2D eigenvalue weighted by Gasteiger charge is 2.33. The highest BCUT2D eigenvalue weighted by atomic mass is 32.2. The summed E-state index contributed by atoms with van der Waals surface area (Å²) in [6.07, 6.45) is 1.71. The lowest BCUT2D eigenvalue weighted by Crippen LogP contribution is -2.27. The molecule has 1 saturated heterocycles. The second-order valence-corrected chi connectivity index (χ2v) is 6.44. The monoisotopic (exact) mass is 345 g/mol. The number of ether oxygens (including phenoxy) is 1. The van der Waals surface area contributed by atoms with Crippen molar-refractivity contribution in [2.45, 2.75) is 0 Å². The molecule has 1 heterocycles. The van der Waals surface area contributed by atoms with Gasteiger partial charge >= 0.3 is 0 Å². The second kappa shape index (κ2) is 6.52. The van der Waals surface area contributed by atoms with E-state index >= 15 is 0 Å².